The van der Waals surface area contributed by atoms with Gasteiger partial charge in [-0.05, 0) is 18.6 Å². The van der Waals surface area contributed by atoms with Crippen molar-refractivity contribution in [3.8, 4) is 0 Å². The number of ether oxygens (including phenoxy) is 1. The molecule has 1 fully saturated rings. The average molecular weight is 253 g/mol. The van der Waals surface area contributed by atoms with Gasteiger partial charge in [0.25, 0.3) is 0 Å². The van der Waals surface area contributed by atoms with E-state index in [0.29, 0.717) is 6.54 Å². The number of aliphatic hydroxyl groups excluding tert-OH is 1. The molecular formula is C13H19NO4. The van der Waals surface area contributed by atoms with Crippen LogP contribution >= 0.6 is 0 Å². The average Bonchev–Trinajstić information content (AvgIpc) is 2.94. The topological polar surface area (TPSA) is 62.9 Å². The van der Waals surface area contributed by atoms with Crippen molar-refractivity contribution in [2.75, 3.05) is 27.3 Å². The van der Waals surface area contributed by atoms with Crippen LogP contribution in [0.4, 0.5) is 0 Å². The zero-order chi connectivity index (χ0) is 13.1. The van der Waals surface area contributed by atoms with E-state index in [1.165, 1.54) is 7.11 Å². The van der Waals surface area contributed by atoms with Crippen molar-refractivity contribution in [2.24, 2.45) is 5.92 Å². The Morgan fingerprint density at radius 1 is 1.72 bits per heavy atom. The van der Waals surface area contributed by atoms with Crippen LogP contribution in [0.2, 0.25) is 0 Å². The molecule has 3 atom stereocenters. The van der Waals surface area contributed by atoms with Crippen LogP contribution in [0.25, 0.3) is 0 Å². The third-order valence-corrected chi connectivity index (χ3v) is 3.24. The molecule has 1 aromatic heterocycles. The smallest absolute Gasteiger partial charge is 0.226 e. The van der Waals surface area contributed by atoms with Crippen molar-refractivity contribution < 1.29 is 19.1 Å². The first-order valence-electron chi connectivity index (χ1n) is 6.09. The highest BCUT2D eigenvalue weighted by Crippen LogP contribution is 2.48. The van der Waals surface area contributed by atoms with Gasteiger partial charge in [0, 0.05) is 32.5 Å². The molecule has 18 heavy (non-hydrogen) atoms. The van der Waals surface area contributed by atoms with E-state index >= 15 is 0 Å². The quantitative estimate of drug-likeness (QED) is 0.816. The third-order valence-electron chi connectivity index (χ3n) is 3.24. The summed E-state index contributed by atoms with van der Waals surface area (Å²) in [5, 5.41) is 9.58. The molecule has 0 aliphatic heterocycles. The number of nitrogens with zero attached hydrogens (tertiary/aromatic N) is 1. The molecule has 5 nitrogen and oxygen atoms in total. The summed E-state index contributed by atoms with van der Waals surface area (Å²) in [6, 6.07) is 3.74. The van der Waals surface area contributed by atoms with Gasteiger partial charge in [0.1, 0.15) is 5.76 Å². The molecule has 0 bridgehead atoms. The maximum Gasteiger partial charge on any atom is 0.226 e. The SMILES string of the molecule is COCC(O)CN(C)C(=O)C1CC1c1ccco1. The van der Waals surface area contributed by atoms with Crippen molar-refractivity contribution >= 4 is 5.91 Å². The van der Waals surface area contributed by atoms with Crippen molar-refractivity contribution in [2.45, 2.75) is 18.4 Å². The summed E-state index contributed by atoms with van der Waals surface area (Å²) in [4.78, 5) is 13.6. The molecule has 100 valence electrons. The molecule has 1 aromatic rings. The van der Waals surface area contributed by atoms with Crippen LogP contribution in [0.15, 0.2) is 22.8 Å². The van der Waals surface area contributed by atoms with Crippen molar-refractivity contribution in [3.63, 3.8) is 0 Å². The molecule has 0 aromatic carbocycles. The fraction of sp³-hybridized carbons (Fsp3) is 0.615. The largest absolute Gasteiger partial charge is 0.469 e. The number of carbonyl (C=O) groups is 1. The predicted molar refractivity (Wildman–Crippen MR) is 65.1 cm³/mol. The summed E-state index contributed by atoms with van der Waals surface area (Å²) in [6.07, 6.45) is 1.82. The maximum absolute atomic E-state index is 12.1. The lowest BCUT2D eigenvalue weighted by atomic mass is 10.2. The summed E-state index contributed by atoms with van der Waals surface area (Å²) in [5.41, 5.74) is 0. The first-order chi connectivity index (χ1) is 8.63. The Bertz CT molecular complexity index is 390. The Morgan fingerprint density at radius 3 is 3.11 bits per heavy atom. The zero-order valence-electron chi connectivity index (χ0n) is 10.7. The number of hydrogen-bond acceptors (Lipinski definition) is 4. The van der Waals surface area contributed by atoms with E-state index in [1.54, 1.807) is 18.2 Å². The van der Waals surface area contributed by atoms with Gasteiger partial charge < -0.3 is 19.2 Å². The lowest BCUT2D eigenvalue weighted by Gasteiger charge is -2.20. The third kappa shape index (κ3) is 2.91. The first kappa shape index (κ1) is 13.1. The van der Waals surface area contributed by atoms with Gasteiger partial charge in [0.05, 0.1) is 19.0 Å². The lowest BCUT2D eigenvalue weighted by Crippen LogP contribution is -2.37. The first-order valence-corrected chi connectivity index (χ1v) is 6.09. The van der Waals surface area contributed by atoms with Gasteiger partial charge in [-0.2, -0.15) is 0 Å². The number of aliphatic hydroxyl groups is 1. The predicted octanol–water partition coefficient (Wildman–Crippen LogP) is 0.849. The van der Waals surface area contributed by atoms with Crippen LogP contribution in [0.5, 0.6) is 0 Å². The molecule has 5 heteroatoms. The molecular weight excluding hydrogens is 234 g/mol. The molecule has 2 rings (SSSR count). The Kier molecular flexibility index (Phi) is 4.04. The second-order valence-electron chi connectivity index (χ2n) is 4.79. The number of amides is 1. The number of carbonyl (C=O) groups excluding carboxylic acids is 1. The minimum Gasteiger partial charge on any atom is -0.469 e. The monoisotopic (exact) mass is 253 g/mol. The standard InChI is InChI=1S/C13H19NO4/c1-14(7-9(15)8-17-2)13(16)11-6-10(11)12-4-3-5-18-12/h3-5,9-11,15H,6-8H2,1-2H3. The Morgan fingerprint density at radius 2 is 2.50 bits per heavy atom. The maximum atomic E-state index is 12.1. The highest BCUT2D eigenvalue weighted by molar-refractivity contribution is 5.82. The highest BCUT2D eigenvalue weighted by atomic mass is 16.5. The van der Waals surface area contributed by atoms with Gasteiger partial charge in [-0.15, -0.1) is 0 Å². The zero-order valence-corrected chi connectivity index (χ0v) is 10.7. The van der Waals surface area contributed by atoms with Crippen molar-refractivity contribution in [1.29, 1.82) is 0 Å². The molecule has 1 saturated carbocycles. The molecule has 0 saturated heterocycles. The lowest BCUT2D eigenvalue weighted by molar-refractivity contribution is -0.133. The number of likely N-dealkylation sites (N-methyl/N-ethyl adjacent to an activating group) is 1. The number of rotatable bonds is 6. The summed E-state index contributed by atoms with van der Waals surface area (Å²) >= 11 is 0. The van der Waals surface area contributed by atoms with Gasteiger partial charge in [-0.3, -0.25) is 4.79 Å². The van der Waals surface area contributed by atoms with E-state index in [9.17, 15) is 9.90 Å². The second kappa shape index (κ2) is 5.54. The minimum atomic E-state index is -0.634. The summed E-state index contributed by atoms with van der Waals surface area (Å²) in [7, 11) is 3.23. The molecule has 1 aliphatic rings. The Hall–Kier alpha value is -1.33. The number of methoxy groups -OCH3 is 1. The van der Waals surface area contributed by atoms with Crippen LogP contribution in [-0.4, -0.2) is 49.3 Å². The Labute approximate surface area is 106 Å². The van der Waals surface area contributed by atoms with E-state index < -0.39 is 6.10 Å². The Balaban J connectivity index is 1.82. The van der Waals surface area contributed by atoms with Crippen molar-refractivity contribution in [3.05, 3.63) is 24.2 Å². The van der Waals surface area contributed by atoms with Crippen LogP contribution in [-0.2, 0) is 9.53 Å². The fourth-order valence-corrected chi connectivity index (χ4v) is 2.22. The van der Waals surface area contributed by atoms with Crippen LogP contribution in [0.1, 0.15) is 18.1 Å². The van der Waals surface area contributed by atoms with Crippen LogP contribution < -0.4 is 0 Å². The van der Waals surface area contributed by atoms with Gasteiger partial charge in [-0.1, -0.05) is 0 Å². The second-order valence-corrected chi connectivity index (χ2v) is 4.79. The van der Waals surface area contributed by atoms with E-state index in [4.69, 9.17) is 9.15 Å². The molecule has 1 N–H and O–H groups in total. The minimum absolute atomic E-state index is 0.00380. The highest BCUT2D eigenvalue weighted by Gasteiger charge is 2.47. The van der Waals surface area contributed by atoms with E-state index in [0.717, 1.165) is 12.2 Å². The fourth-order valence-electron chi connectivity index (χ4n) is 2.22. The molecule has 3 unspecified atom stereocenters. The molecule has 0 spiro atoms. The molecule has 1 aliphatic carbocycles. The summed E-state index contributed by atoms with van der Waals surface area (Å²) < 4.78 is 10.1. The van der Waals surface area contributed by atoms with E-state index in [2.05, 4.69) is 0 Å². The van der Waals surface area contributed by atoms with Crippen LogP contribution in [0, 0.1) is 5.92 Å². The van der Waals surface area contributed by atoms with Gasteiger partial charge >= 0.3 is 0 Å². The van der Waals surface area contributed by atoms with Gasteiger partial charge in [-0.25, -0.2) is 0 Å². The molecule has 1 amide bonds. The normalized spacial score (nSPS) is 23.7. The number of hydrogen-bond donors (Lipinski definition) is 1. The van der Waals surface area contributed by atoms with Crippen molar-refractivity contribution in [1.82, 2.24) is 4.90 Å². The molecule has 0 radical (unpaired) electrons. The van der Waals surface area contributed by atoms with Gasteiger partial charge in [0.2, 0.25) is 5.91 Å². The number of furan rings is 1. The van der Waals surface area contributed by atoms with Gasteiger partial charge in [0.15, 0.2) is 0 Å². The molecule has 1 heterocycles. The summed E-state index contributed by atoms with van der Waals surface area (Å²) in [6.45, 7) is 0.540. The van der Waals surface area contributed by atoms with E-state index in [1.807, 2.05) is 12.1 Å². The van der Waals surface area contributed by atoms with Crippen LogP contribution in [0.3, 0.4) is 0 Å². The summed E-state index contributed by atoms with van der Waals surface area (Å²) in [5.74, 6) is 1.14. The van der Waals surface area contributed by atoms with E-state index in [-0.39, 0.29) is 24.3 Å².